The Morgan fingerprint density at radius 2 is 2.29 bits per heavy atom. The maximum atomic E-state index is 12.1. The fourth-order valence-corrected chi connectivity index (χ4v) is 3.01. The van der Waals surface area contributed by atoms with Crippen molar-refractivity contribution in [3.63, 3.8) is 0 Å². The van der Waals surface area contributed by atoms with E-state index in [0.717, 1.165) is 12.8 Å². The number of nitrogens with one attached hydrogen (secondary N) is 1. The molecule has 3 rings (SSSR count). The molecule has 2 bridgehead atoms. The van der Waals surface area contributed by atoms with Gasteiger partial charge in [-0.15, -0.1) is 0 Å². The second-order valence-corrected chi connectivity index (χ2v) is 4.55. The molecule has 0 saturated carbocycles. The molecule has 0 radical (unpaired) electrons. The molecule has 2 saturated heterocycles. The number of aliphatic carboxylic acids is 1. The van der Waals surface area contributed by atoms with Crippen molar-refractivity contribution in [1.29, 1.82) is 0 Å². The average molecular weight is 236 g/mol. The standard InChI is InChI=1S/C10H12N4O3/c15-9(7-4-11-13-12-7)14-5-1-2-8(14)6(3-5)10(16)17/h4-6,8H,1-3H2,(H,16,17)(H,11,12,13). The van der Waals surface area contributed by atoms with Crippen molar-refractivity contribution < 1.29 is 14.7 Å². The Balaban J connectivity index is 1.86. The molecule has 17 heavy (non-hydrogen) atoms. The molecule has 1 aromatic rings. The SMILES string of the molecule is O=C(O)C1CC2CCC1N2C(=O)c1cn[nH]n1. The number of aromatic amines is 1. The molecule has 0 spiro atoms. The Kier molecular flexibility index (Phi) is 2.13. The summed E-state index contributed by atoms with van der Waals surface area (Å²) in [6.07, 6.45) is 3.59. The molecule has 7 nitrogen and oxygen atoms in total. The molecule has 0 aromatic carbocycles. The van der Waals surface area contributed by atoms with Crippen LogP contribution in [0.4, 0.5) is 0 Å². The molecule has 3 unspecified atom stereocenters. The highest BCUT2D eigenvalue weighted by molar-refractivity contribution is 5.93. The first-order valence-electron chi connectivity index (χ1n) is 5.59. The van der Waals surface area contributed by atoms with Crippen molar-refractivity contribution >= 4 is 11.9 Å². The predicted octanol–water partition coefficient (Wildman–Crippen LogP) is -0.118. The second kappa shape index (κ2) is 3.54. The van der Waals surface area contributed by atoms with Gasteiger partial charge in [0.25, 0.3) is 5.91 Å². The average Bonchev–Trinajstić information content (AvgIpc) is 3.03. The number of H-pyrrole nitrogens is 1. The van der Waals surface area contributed by atoms with Crippen molar-refractivity contribution in [3.05, 3.63) is 11.9 Å². The van der Waals surface area contributed by atoms with Crippen LogP contribution in [-0.4, -0.2) is 49.4 Å². The summed E-state index contributed by atoms with van der Waals surface area (Å²) in [4.78, 5) is 24.9. The monoisotopic (exact) mass is 236 g/mol. The molecular formula is C10H12N4O3. The van der Waals surface area contributed by atoms with Crippen LogP contribution in [0.2, 0.25) is 0 Å². The number of aromatic nitrogens is 3. The number of carbonyl (C=O) groups excluding carboxylic acids is 1. The fourth-order valence-electron chi connectivity index (χ4n) is 3.01. The molecule has 0 aliphatic carbocycles. The molecule has 1 aromatic heterocycles. The molecule has 3 heterocycles. The number of amides is 1. The predicted molar refractivity (Wildman–Crippen MR) is 55.1 cm³/mol. The summed E-state index contributed by atoms with van der Waals surface area (Å²) in [5.41, 5.74) is 0.257. The molecule has 2 aliphatic rings. The summed E-state index contributed by atoms with van der Waals surface area (Å²) in [5.74, 6) is -1.45. The van der Waals surface area contributed by atoms with Gasteiger partial charge in [-0.1, -0.05) is 0 Å². The lowest BCUT2D eigenvalue weighted by Crippen LogP contribution is -2.38. The summed E-state index contributed by atoms with van der Waals surface area (Å²) < 4.78 is 0. The van der Waals surface area contributed by atoms with Gasteiger partial charge in [-0.3, -0.25) is 9.59 Å². The van der Waals surface area contributed by atoms with Gasteiger partial charge in [0.05, 0.1) is 12.1 Å². The van der Waals surface area contributed by atoms with Crippen LogP contribution in [0, 0.1) is 5.92 Å². The van der Waals surface area contributed by atoms with Crippen molar-refractivity contribution in [2.75, 3.05) is 0 Å². The third-order valence-electron chi connectivity index (χ3n) is 3.72. The van der Waals surface area contributed by atoms with Gasteiger partial charge < -0.3 is 10.0 Å². The third-order valence-corrected chi connectivity index (χ3v) is 3.72. The zero-order chi connectivity index (χ0) is 12.0. The van der Waals surface area contributed by atoms with Crippen molar-refractivity contribution in [2.24, 2.45) is 5.92 Å². The van der Waals surface area contributed by atoms with E-state index in [2.05, 4.69) is 15.4 Å². The van der Waals surface area contributed by atoms with Crippen LogP contribution in [-0.2, 0) is 4.79 Å². The van der Waals surface area contributed by atoms with Gasteiger partial charge in [-0.05, 0) is 19.3 Å². The first-order chi connectivity index (χ1) is 8.18. The smallest absolute Gasteiger partial charge is 0.308 e. The topological polar surface area (TPSA) is 99.2 Å². The quantitative estimate of drug-likeness (QED) is 0.745. The largest absolute Gasteiger partial charge is 0.481 e. The fraction of sp³-hybridized carbons (Fsp3) is 0.600. The minimum atomic E-state index is -0.810. The van der Waals surface area contributed by atoms with Crippen LogP contribution in [0.3, 0.4) is 0 Å². The van der Waals surface area contributed by atoms with E-state index in [1.165, 1.54) is 6.20 Å². The lowest BCUT2D eigenvalue weighted by molar-refractivity contribution is -0.142. The van der Waals surface area contributed by atoms with E-state index >= 15 is 0 Å². The lowest BCUT2D eigenvalue weighted by Gasteiger charge is -2.21. The van der Waals surface area contributed by atoms with Gasteiger partial charge in [0, 0.05) is 12.1 Å². The highest BCUT2D eigenvalue weighted by Crippen LogP contribution is 2.42. The summed E-state index contributed by atoms with van der Waals surface area (Å²) in [5, 5.41) is 18.8. The number of carbonyl (C=O) groups is 2. The van der Waals surface area contributed by atoms with E-state index in [0.29, 0.717) is 6.42 Å². The number of nitrogens with zero attached hydrogens (tertiary/aromatic N) is 3. The van der Waals surface area contributed by atoms with Crippen molar-refractivity contribution in [2.45, 2.75) is 31.3 Å². The molecule has 1 amide bonds. The molecule has 3 atom stereocenters. The van der Waals surface area contributed by atoms with Gasteiger partial charge in [0.1, 0.15) is 0 Å². The second-order valence-electron chi connectivity index (χ2n) is 4.55. The summed E-state index contributed by atoms with van der Waals surface area (Å²) in [6.45, 7) is 0. The third kappa shape index (κ3) is 1.42. The minimum absolute atomic E-state index is 0.0466. The number of hydrogen-bond acceptors (Lipinski definition) is 4. The highest BCUT2D eigenvalue weighted by atomic mass is 16.4. The van der Waals surface area contributed by atoms with Crippen LogP contribution >= 0.6 is 0 Å². The summed E-state index contributed by atoms with van der Waals surface area (Å²) >= 11 is 0. The molecular weight excluding hydrogens is 224 g/mol. The zero-order valence-electron chi connectivity index (χ0n) is 9.04. The molecule has 2 N–H and O–H groups in total. The Morgan fingerprint density at radius 3 is 2.88 bits per heavy atom. The summed E-state index contributed by atoms with van der Waals surface area (Å²) in [7, 11) is 0. The minimum Gasteiger partial charge on any atom is -0.481 e. The van der Waals surface area contributed by atoms with E-state index < -0.39 is 11.9 Å². The van der Waals surface area contributed by atoms with Crippen molar-refractivity contribution in [3.8, 4) is 0 Å². The van der Waals surface area contributed by atoms with E-state index in [1.807, 2.05) is 0 Å². The number of carboxylic acid groups (broad SMARTS) is 1. The van der Waals surface area contributed by atoms with Gasteiger partial charge in [0.2, 0.25) is 0 Å². The number of fused-ring (bicyclic) bond motifs is 2. The Morgan fingerprint density at radius 1 is 1.47 bits per heavy atom. The molecule has 2 aliphatic heterocycles. The molecule has 2 fully saturated rings. The lowest BCUT2D eigenvalue weighted by atomic mass is 9.89. The van der Waals surface area contributed by atoms with Gasteiger partial charge in [-0.2, -0.15) is 15.4 Å². The first kappa shape index (κ1) is 10.2. The highest BCUT2D eigenvalue weighted by Gasteiger charge is 2.51. The van der Waals surface area contributed by atoms with E-state index in [1.54, 1.807) is 4.90 Å². The molecule has 7 heteroatoms. The van der Waals surface area contributed by atoms with E-state index in [4.69, 9.17) is 5.11 Å². The molecule has 90 valence electrons. The normalized spacial score (nSPS) is 30.8. The number of hydrogen-bond donors (Lipinski definition) is 2. The summed E-state index contributed by atoms with van der Waals surface area (Å²) in [6, 6.07) is -0.132. The van der Waals surface area contributed by atoms with Gasteiger partial charge in [0.15, 0.2) is 5.69 Å². The zero-order valence-corrected chi connectivity index (χ0v) is 9.04. The van der Waals surface area contributed by atoms with Crippen LogP contribution < -0.4 is 0 Å². The van der Waals surface area contributed by atoms with Crippen molar-refractivity contribution in [1.82, 2.24) is 20.3 Å². The maximum absolute atomic E-state index is 12.1. The van der Waals surface area contributed by atoms with Crippen LogP contribution in [0.15, 0.2) is 6.20 Å². The number of rotatable bonds is 2. The first-order valence-corrected chi connectivity index (χ1v) is 5.59. The Hall–Kier alpha value is -1.92. The Labute approximate surface area is 96.8 Å². The van der Waals surface area contributed by atoms with Crippen LogP contribution in [0.5, 0.6) is 0 Å². The van der Waals surface area contributed by atoms with E-state index in [-0.39, 0.29) is 23.7 Å². The van der Waals surface area contributed by atoms with Crippen LogP contribution in [0.25, 0.3) is 0 Å². The van der Waals surface area contributed by atoms with Crippen LogP contribution in [0.1, 0.15) is 29.8 Å². The Bertz CT molecular complexity index is 458. The maximum Gasteiger partial charge on any atom is 0.308 e. The number of carboxylic acids is 1. The van der Waals surface area contributed by atoms with E-state index in [9.17, 15) is 9.59 Å². The van der Waals surface area contributed by atoms with Gasteiger partial charge >= 0.3 is 5.97 Å². The van der Waals surface area contributed by atoms with Gasteiger partial charge in [-0.25, -0.2) is 0 Å².